The summed E-state index contributed by atoms with van der Waals surface area (Å²) in [5, 5.41) is 4.51. The molecule has 0 aromatic carbocycles. The van der Waals surface area contributed by atoms with Crippen LogP contribution < -0.4 is 10.5 Å². The highest BCUT2D eigenvalue weighted by Gasteiger charge is 2.12. The molecule has 3 aromatic rings. The summed E-state index contributed by atoms with van der Waals surface area (Å²) >= 11 is 0. The van der Waals surface area contributed by atoms with Crippen molar-refractivity contribution in [2.45, 2.75) is 6.92 Å². The van der Waals surface area contributed by atoms with E-state index in [0.717, 1.165) is 22.5 Å². The summed E-state index contributed by atoms with van der Waals surface area (Å²) < 4.78 is 7.02. The fraction of sp³-hybridized carbons (Fsp3) is 0.154. The van der Waals surface area contributed by atoms with E-state index < -0.39 is 0 Å². The van der Waals surface area contributed by atoms with Crippen LogP contribution in [-0.4, -0.2) is 26.7 Å². The number of fused-ring (bicyclic) bond motifs is 1. The average Bonchev–Trinajstić information content (AvgIpc) is 2.76. The Morgan fingerprint density at radius 2 is 2.16 bits per heavy atom. The molecule has 0 spiro atoms. The molecule has 0 amide bonds. The van der Waals surface area contributed by atoms with Gasteiger partial charge in [0.2, 0.25) is 5.95 Å². The molecule has 6 nitrogen and oxygen atoms in total. The Labute approximate surface area is 109 Å². The van der Waals surface area contributed by atoms with Gasteiger partial charge in [-0.1, -0.05) is 0 Å². The highest BCUT2D eigenvalue weighted by Crippen LogP contribution is 2.26. The molecule has 96 valence electrons. The van der Waals surface area contributed by atoms with Crippen molar-refractivity contribution in [3.05, 3.63) is 36.2 Å². The van der Waals surface area contributed by atoms with Crippen molar-refractivity contribution in [3.8, 4) is 17.1 Å². The van der Waals surface area contributed by atoms with Crippen molar-refractivity contribution in [2.24, 2.45) is 0 Å². The van der Waals surface area contributed by atoms with Crippen LogP contribution in [0.15, 0.2) is 30.6 Å². The van der Waals surface area contributed by atoms with E-state index in [1.165, 1.54) is 0 Å². The molecule has 0 saturated carbocycles. The summed E-state index contributed by atoms with van der Waals surface area (Å²) in [6.07, 6.45) is 3.48. The monoisotopic (exact) mass is 255 g/mol. The summed E-state index contributed by atoms with van der Waals surface area (Å²) in [5.41, 5.74) is 9.12. The highest BCUT2D eigenvalue weighted by molar-refractivity contribution is 5.71. The molecule has 19 heavy (non-hydrogen) atoms. The number of nitrogen functional groups attached to an aromatic ring is 1. The minimum absolute atomic E-state index is 0.242. The number of nitrogens with zero attached hydrogens (tertiary/aromatic N) is 4. The van der Waals surface area contributed by atoms with Gasteiger partial charge in [-0.15, -0.1) is 0 Å². The van der Waals surface area contributed by atoms with Gasteiger partial charge >= 0.3 is 0 Å². The molecule has 3 rings (SSSR count). The molecule has 0 aliphatic rings. The molecule has 0 saturated heterocycles. The van der Waals surface area contributed by atoms with E-state index in [4.69, 9.17) is 10.5 Å². The first kappa shape index (κ1) is 11.5. The van der Waals surface area contributed by atoms with E-state index in [9.17, 15) is 0 Å². The number of hydrogen-bond acceptors (Lipinski definition) is 5. The van der Waals surface area contributed by atoms with E-state index in [1.807, 2.05) is 25.3 Å². The quantitative estimate of drug-likeness (QED) is 0.753. The number of nitrogens with two attached hydrogens (primary N) is 1. The van der Waals surface area contributed by atoms with Gasteiger partial charge in [0.15, 0.2) is 0 Å². The largest absolute Gasteiger partial charge is 0.497 e. The van der Waals surface area contributed by atoms with Crippen LogP contribution in [0.2, 0.25) is 0 Å². The molecule has 0 aliphatic heterocycles. The summed E-state index contributed by atoms with van der Waals surface area (Å²) in [7, 11) is 1.64. The second-order valence-electron chi connectivity index (χ2n) is 4.17. The number of pyridine rings is 1. The van der Waals surface area contributed by atoms with Crippen LogP contribution >= 0.6 is 0 Å². The van der Waals surface area contributed by atoms with Crippen LogP contribution in [-0.2, 0) is 0 Å². The average molecular weight is 255 g/mol. The maximum atomic E-state index is 5.61. The Balaban J connectivity index is 2.22. The summed E-state index contributed by atoms with van der Waals surface area (Å²) in [6.45, 7) is 2.00. The first-order chi connectivity index (χ1) is 9.19. The SMILES string of the molecule is COc1ccn2nc(-c3ccnc(N)n3)c(C)c2c1. The van der Waals surface area contributed by atoms with Gasteiger partial charge in [-0.25, -0.2) is 14.5 Å². The lowest BCUT2D eigenvalue weighted by Gasteiger charge is -1.99. The van der Waals surface area contributed by atoms with Crippen molar-refractivity contribution in [2.75, 3.05) is 12.8 Å². The molecule has 0 radical (unpaired) electrons. The molecular formula is C13H13N5O. The third kappa shape index (κ3) is 1.87. The third-order valence-electron chi connectivity index (χ3n) is 3.01. The Kier molecular flexibility index (Phi) is 2.56. The van der Waals surface area contributed by atoms with Gasteiger partial charge < -0.3 is 10.5 Å². The predicted octanol–water partition coefficient (Wildman–Crippen LogP) is 1.69. The van der Waals surface area contributed by atoms with E-state index >= 15 is 0 Å². The second kappa shape index (κ2) is 4.24. The Bertz CT molecular complexity index is 750. The first-order valence-electron chi connectivity index (χ1n) is 5.81. The maximum absolute atomic E-state index is 5.61. The highest BCUT2D eigenvalue weighted by atomic mass is 16.5. The van der Waals surface area contributed by atoms with Crippen LogP contribution in [0.5, 0.6) is 5.75 Å². The maximum Gasteiger partial charge on any atom is 0.220 e. The van der Waals surface area contributed by atoms with Gasteiger partial charge in [0, 0.05) is 24.0 Å². The summed E-state index contributed by atoms with van der Waals surface area (Å²) in [5.74, 6) is 1.04. The molecule has 3 heterocycles. The number of ether oxygens (including phenoxy) is 1. The van der Waals surface area contributed by atoms with E-state index in [1.54, 1.807) is 23.9 Å². The lowest BCUT2D eigenvalue weighted by Crippen LogP contribution is -1.96. The number of aryl methyl sites for hydroxylation is 1. The van der Waals surface area contributed by atoms with Crippen LogP contribution in [0.25, 0.3) is 16.9 Å². The number of rotatable bonds is 2. The molecule has 0 bridgehead atoms. The number of hydrogen-bond donors (Lipinski definition) is 1. The van der Waals surface area contributed by atoms with Crippen LogP contribution in [0.4, 0.5) is 5.95 Å². The minimum Gasteiger partial charge on any atom is -0.497 e. The molecule has 2 N–H and O–H groups in total. The normalized spacial score (nSPS) is 10.8. The standard InChI is InChI=1S/C13H13N5O/c1-8-11-7-9(19-2)4-6-18(11)17-12(8)10-3-5-15-13(14)16-10/h3-7H,1-2H3,(H2,14,15,16). The van der Waals surface area contributed by atoms with Gasteiger partial charge in [-0.2, -0.15) is 5.10 Å². The third-order valence-corrected chi connectivity index (χ3v) is 3.01. The van der Waals surface area contributed by atoms with Crippen molar-refractivity contribution in [1.29, 1.82) is 0 Å². The summed E-state index contributed by atoms with van der Waals surface area (Å²) in [4.78, 5) is 8.09. The number of methoxy groups -OCH3 is 1. The number of aromatic nitrogens is 4. The Hall–Kier alpha value is -2.63. The zero-order valence-corrected chi connectivity index (χ0v) is 10.7. The molecule has 3 aromatic heterocycles. The molecule has 0 aliphatic carbocycles. The van der Waals surface area contributed by atoms with Gasteiger partial charge in [0.1, 0.15) is 11.4 Å². The Morgan fingerprint density at radius 1 is 1.32 bits per heavy atom. The fourth-order valence-electron chi connectivity index (χ4n) is 2.02. The van der Waals surface area contributed by atoms with Crippen molar-refractivity contribution < 1.29 is 4.74 Å². The van der Waals surface area contributed by atoms with Crippen molar-refractivity contribution >= 4 is 11.5 Å². The van der Waals surface area contributed by atoms with E-state index in [0.29, 0.717) is 5.69 Å². The lowest BCUT2D eigenvalue weighted by molar-refractivity contribution is 0.414. The zero-order chi connectivity index (χ0) is 13.4. The molecule has 0 unspecified atom stereocenters. The smallest absolute Gasteiger partial charge is 0.220 e. The van der Waals surface area contributed by atoms with Gasteiger partial charge in [-0.3, -0.25) is 0 Å². The van der Waals surface area contributed by atoms with Gasteiger partial charge in [-0.05, 0) is 19.1 Å². The van der Waals surface area contributed by atoms with Gasteiger partial charge in [0.25, 0.3) is 0 Å². The topological polar surface area (TPSA) is 78.3 Å². The van der Waals surface area contributed by atoms with Gasteiger partial charge in [0.05, 0.1) is 18.3 Å². The predicted molar refractivity (Wildman–Crippen MR) is 71.9 cm³/mol. The number of anilines is 1. The second-order valence-corrected chi connectivity index (χ2v) is 4.17. The minimum atomic E-state index is 0.242. The fourth-order valence-corrected chi connectivity index (χ4v) is 2.02. The molecule has 0 atom stereocenters. The summed E-state index contributed by atoms with van der Waals surface area (Å²) in [6, 6.07) is 5.59. The van der Waals surface area contributed by atoms with Crippen LogP contribution in [0.3, 0.4) is 0 Å². The zero-order valence-electron chi connectivity index (χ0n) is 10.7. The van der Waals surface area contributed by atoms with E-state index in [-0.39, 0.29) is 5.95 Å². The molecule has 0 fully saturated rings. The lowest BCUT2D eigenvalue weighted by atomic mass is 10.1. The van der Waals surface area contributed by atoms with E-state index in [2.05, 4.69) is 15.1 Å². The van der Waals surface area contributed by atoms with Crippen molar-refractivity contribution in [3.63, 3.8) is 0 Å². The Morgan fingerprint density at radius 3 is 2.89 bits per heavy atom. The van der Waals surface area contributed by atoms with Crippen LogP contribution in [0, 0.1) is 6.92 Å². The van der Waals surface area contributed by atoms with Crippen molar-refractivity contribution in [1.82, 2.24) is 19.6 Å². The van der Waals surface area contributed by atoms with Crippen LogP contribution in [0.1, 0.15) is 5.56 Å². The molecule has 6 heteroatoms. The molecular weight excluding hydrogens is 242 g/mol. The first-order valence-corrected chi connectivity index (χ1v) is 5.81.